The summed E-state index contributed by atoms with van der Waals surface area (Å²) in [6.45, 7) is 0. The van der Waals surface area contributed by atoms with Crippen LogP contribution in [0, 0.1) is 5.82 Å². The summed E-state index contributed by atoms with van der Waals surface area (Å²) in [5.74, 6) is -1.49. The lowest BCUT2D eigenvalue weighted by atomic mass is 10.2. The Hall–Kier alpha value is -2.42. The van der Waals surface area contributed by atoms with Crippen molar-refractivity contribution in [2.24, 2.45) is 0 Å². The van der Waals surface area contributed by atoms with Gasteiger partial charge in [-0.25, -0.2) is 12.8 Å². The number of benzene rings is 2. The van der Waals surface area contributed by atoms with E-state index in [0.29, 0.717) is 0 Å². The van der Waals surface area contributed by atoms with Gasteiger partial charge in [-0.3, -0.25) is 9.52 Å². The maximum Gasteiger partial charge on any atom is 0.271 e. The van der Waals surface area contributed by atoms with Gasteiger partial charge in [0.2, 0.25) is 0 Å². The quantitative estimate of drug-likeness (QED) is 0.645. The number of sulfonamides is 1. The maximum atomic E-state index is 13.9. The highest BCUT2D eigenvalue weighted by molar-refractivity contribution is 7.94. The monoisotopic (exact) mass is 410 g/mol. The first kappa shape index (κ1) is 18.4. The number of rotatable bonds is 5. The smallest absolute Gasteiger partial charge is 0.271 e. The number of hydrogen-bond acceptors (Lipinski definition) is 4. The number of nitrogens with one attached hydrogen (secondary N) is 2. The van der Waals surface area contributed by atoms with Crippen LogP contribution in [0.1, 0.15) is 10.4 Å². The molecule has 1 amide bonds. The fourth-order valence-electron chi connectivity index (χ4n) is 2.16. The van der Waals surface area contributed by atoms with Crippen LogP contribution in [-0.4, -0.2) is 14.3 Å². The van der Waals surface area contributed by atoms with Gasteiger partial charge in [0.1, 0.15) is 10.0 Å². The van der Waals surface area contributed by atoms with Crippen LogP contribution in [0.5, 0.6) is 0 Å². The second-order valence-electron chi connectivity index (χ2n) is 5.16. The van der Waals surface area contributed by atoms with Crippen molar-refractivity contribution in [1.29, 1.82) is 0 Å². The molecule has 0 aliphatic rings. The molecule has 9 heteroatoms. The normalized spacial score (nSPS) is 11.2. The number of para-hydroxylation sites is 2. The lowest BCUT2D eigenvalue weighted by Gasteiger charge is -2.13. The van der Waals surface area contributed by atoms with Gasteiger partial charge in [0, 0.05) is 5.02 Å². The molecule has 2 N–H and O–H groups in total. The molecule has 0 radical (unpaired) electrons. The van der Waals surface area contributed by atoms with Gasteiger partial charge in [-0.05, 0) is 41.8 Å². The standard InChI is InChI=1S/C17H12ClFN2O3S2/c18-11-7-8-12(13(19)10-11)17(22)20-14-4-1-2-5-15(14)21-26(23,24)16-6-3-9-25-16/h1-10,21H,(H,20,22). The van der Waals surface area contributed by atoms with Crippen LogP contribution in [0.15, 0.2) is 64.2 Å². The molecule has 134 valence electrons. The summed E-state index contributed by atoms with van der Waals surface area (Å²) in [6.07, 6.45) is 0. The molecule has 1 aromatic heterocycles. The maximum absolute atomic E-state index is 13.9. The van der Waals surface area contributed by atoms with E-state index in [1.54, 1.807) is 23.6 Å². The summed E-state index contributed by atoms with van der Waals surface area (Å²) < 4.78 is 41.2. The Morgan fingerprint density at radius 3 is 2.42 bits per heavy atom. The summed E-state index contributed by atoms with van der Waals surface area (Å²) in [7, 11) is -3.78. The molecular formula is C17H12ClFN2O3S2. The minimum Gasteiger partial charge on any atom is -0.320 e. The van der Waals surface area contributed by atoms with Crippen molar-refractivity contribution >= 4 is 50.2 Å². The summed E-state index contributed by atoms with van der Waals surface area (Å²) >= 11 is 6.75. The van der Waals surface area contributed by atoms with Gasteiger partial charge in [0.25, 0.3) is 15.9 Å². The second kappa shape index (κ2) is 7.45. The third-order valence-electron chi connectivity index (χ3n) is 3.36. The number of halogens is 2. The third kappa shape index (κ3) is 4.04. The van der Waals surface area contributed by atoms with Crippen LogP contribution in [0.4, 0.5) is 15.8 Å². The number of thiophene rings is 1. The fraction of sp³-hybridized carbons (Fsp3) is 0. The van der Waals surface area contributed by atoms with E-state index in [1.165, 1.54) is 30.3 Å². The van der Waals surface area contributed by atoms with Gasteiger partial charge in [-0.1, -0.05) is 29.8 Å². The Morgan fingerprint density at radius 1 is 1.04 bits per heavy atom. The molecule has 3 aromatic rings. The van der Waals surface area contributed by atoms with E-state index in [9.17, 15) is 17.6 Å². The van der Waals surface area contributed by atoms with Crippen LogP contribution in [0.25, 0.3) is 0 Å². The Balaban J connectivity index is 1.87. The molecule has 0 atom stereocenters. The zero-order valence-corrected chi connectivity index (χ0v) is 15.5. The summed E-state index contributed by atoms with van der Waals surface area (Å²) in [5, 5.41) is 4.32. The predicted molar refractivity (Wildman–Crippen MR) is 101 cm³/mol. The Morgan fingerprint density at radius 2 is 1.77 bits per heavy atom. The minimum atomic E-state index is -3.78. The van der Waals surface area contributed by atoms with Gasteiger partial charge in [0.15, 0.2) is 0 Å². The highest BCUT2D eigenvalue weighted by Crippen LogP contribution is 2.27. The molecule has 0 spiro atoms. The van der Waals surface area contributed by atoms with Crippen molar-refractivity contribution in [3.8, 4) is 0 Å². The van der Waals surface area contributed by atoms with Crippen molar-refractivity contribution in [2.45, 2.75) is 4.21 Å². The summed E-state index contributed by atoms with van der Waals surface area (Å²) in [6, 6.07) is 13.0. The molecule has 26 heavy (non-hydrogen) atoms. The van der Waals surface area contributed by atoms with Crippen LogP contribution in [0.2, 0.25) is 5.02 Å². The lowest BCUT2D eigenvalue weighted by Crippen LogP contribution is -2.17. The minimum absolute atomic E-state index is 0.141. The van der Waals surface area contributed by atoms with E-state index in [4.69, 9.17) is 11.6 Å². The van der Waals surface area contributed by atoms with Crippen molar-refractivity contribution in [1.82, 2.24) is 0 Å². The highest BCUT2D eigenvalue weighted by Gasteiger charge is 2.19. The van der Waals surface area contributed by atoms with Crippen molar-refractivity contribution in [3.05, 3.63) is 76.4 Å². The van der Waals surface area contributed by atoms with E-state index in [2.05, 4.69) is 10.0 Å². The van der Waals surface area contributed by atoms with Crippen LogP contribution in [0.3, 0.4) is 0 Å². The Bertz CT molecular complexity index is 1050. The zero-order chi connectivity index (χ0) is 18.7. The number of carbonyl (C=O) groups excluding carboxylic acids is 1. The first-order valence-corrected chi connectivity index (χ1v) is 10.0. The molecule has 0 fully saturated rings. The molecule has 2 aromatic carbocycles. The van der Waals surface area contributed by atoms with E-state index >= 15 is 0 Å². The second-order valence-corrected chi connectivity index (χ2v) is 8.45. The Labute approximate surface area is 158 Å². The summed E-state index contributed by atoms with van der Waals surface area (Å²) in [5.41, 5.74) is 0.168. The molecule has 1 heterocycles. The number of carbonyl (C=O) groups is 1. The first-order valence-electron chi connectivity index (χ1n) is 7.28. The van der Waals surface area contributed by atoms with Crippen molar-refractivity contribution in [3.63, 3.8) is 0 Å². The van der Waals surface area contributed by atoms with Crippen LogP contribution in [-0.2, 0) is 10.0 Å². The fourth-order valence-corrected chi connectivity index (χ4v) is 4.39. The molecule has 5 nitrogen and oxygen atoms in total. The van der Waals surface area contributed by atoms with E-state index in [0.717, 1.165) is 17.4 Å². The molecular weight excluding hydrogens is 399 g/mol. The Kier molecular flexibility index (Phi) is 5.26. The van der Waals surface area contributed by atoms with Gasteiger partial charge < -0.3 is 5.32 Å². The van der Waals surface area contributed by atoms with E-state index in [-0.39, 0.29) is 26.2 Å². The first-order chi connectivity index (χ1) is 12.4. The molecule has 3 rings (SSSR count). The van der Waals surface area contributed by atoms with Crippen LogP contribution < -0.4 is 10.0 Å². The predicted octanol–water partition coefficient (Wildman–Crippen LogP) is 4.59. The van der Waals surface area contributed by atoms with Crippen LogP contribution >= 0.6 is 22.9 Å². The van der Waals surface area contributed by atoms with Crippen molar-refractivity contribution in [2.75, 3.05) is 10.0 Å². The van der Waals surface area contributed by atoms with E-state index in [1.807, 2.05) is 0 Å². The number of anilines is 2. The average Bonchev–Trinajstić information content (AvgIpc) is 3.12. The largest absolute Gasteiger partial charge is 0.320 e. The zero-order valence-electron chi connectivity index (χ0n) is 13.1. The van der Waals surface area contributed by atoms with Gasteiger partial charge in [-0.2, -0.15) is 0 Å². The SMILES string of the molecule is O=C(Nc1ccccc1NS(=O)(=O)c1cccs1)c1ccc(Cl)cc1F. The molecule has 0 aliphatic carbocycles. The van der Waals surface area contributed by atoms with E-state index < -0.39 is 21.7 Å². The molecule has 0 aliphatic heterocycles. The molecule has 0 saturated heterocycles. The van der Waals surface area contributed by atoms with Gasteiger partial charge in [0.05, 0.1) is 16.9 Å². The van der Waals surface area contributed by atoms with Gasteiger partial charge in [-0.15, -0.1) is 11.3 Å². The topological polar surface area (TPSA) is 75.3 Å². The average molecular weight is 411 g/mol. The number of hydrogen-bond donors (Lipinski definition) is 2. The molecule has 0 unspecified atom stereocenters. The third-order valence-corrected chi connectivity index (χ3v) is 6.35. The molecule has 0 saturated carbocycles. The highest BCUT2D eigenvalue weighted by atomic mass is 35.5. The van der Waals surface area contributed by atoms with Crippen molar-refractivity contribution < 1.29 is 17.6 Å². The number of amides is 1. The lowest BCUT2D eigenvalue weighted by molar-refractivity contribution is 0.102. The van der Waals surface area contributed by atoms with Gasteiger partial charge >= 0.3 is 0 Å². The summed E-state index contributed by atoms with van der Waals surface area (Å²) in [4.78, 5) is 12.3. The molecule has 0 bridgehead atoms.